The van der Waals surface area contributed by atoms with Crippen LogP contribution in [0.1, 0.15) is 27.9 Å². The van der Waals surface area contributed by atoms with E-state index < -0.39 is 0 Å². The van der Waals surface area contributed by atoms with E-state index in [2.05, 4.69) is 5.32 Å². The first-order valence-electron chi connectivity index (χ1n) is 7.42. The van der Waals surface area contributed by atoms with Gasteiger partial charge in [0.25, 0.3) is 5.91 Å². The maximum atomic E-state index is 12.3. The molecule has 0 spiro atoms. The van der Waals surface area contributed by atoms with Gasteiger partial charge >= 0.3 is 0 Å². The molecule has 4 nitrogen and oxygen atoms in total. The minimum atomic E-state index is -0.127. The third-order valence-corrected chi connectivity index (χ3v) is 3.77. The Morgan fingerprint density at radius 2 is 1.73 bits per heavy atom. The van der Waals surface area contributed by atoms with Crippen molar-refractivity contribution in [1.82, 2.24) is 0 Å². The number of hydrogen-bond acceptors (Lipinski definition) is 3. The summed E-state index contributed by atoms with van der Waals surface area (Å²) in [7, 11) is 0. The van der Waals surface area contributed by atoms with Crippen LogP contribution in [-0.4, -0.2) is 19.1 Å². The summed E-state index contributed by atoms with van der Waals surface area (Å²) >= 11 is 0. The zero-order valence-corrected chi connectivity index (χ0v) is 12.8. The van der Waals surface area contributed by atoms with Crippen LogP contribution in [0.5, 0.6) is 11.5 Å². The van der Waals surface area contributed by atoms with Gasteiger partial charge in [-0.05, 0) is 49.2 Å². The van der Waals surface area contributed by atoms with Crippen LogP contribution in [0.3, 0.4) is 0 Å². The highest BCUT2D eigenvalue weighted by molar-refractivity contribution is 6.04. The second kappa shape index (κ2) is 6.10. The van der Waals surface area contributed by atoms with E-state index in [1.165, 1.54) is 5.56 Å². The molecular weight excluding hydrogens is 278 g/mol. The molecule has 0 saturated heterocycles. The average Bonchev–Trinajstić information content (AvgIpc) is 2.74. The minimum Gasteiger partial charge on any atom is -0.490 e. The number of aryl methyl sites for hydroxylation is 2. The highest BCUT2D eigenvalue weighted by Crippen LogP contribution is 2.32. The monoisotopic (exact) mass is 297 g/mol. The molecule has 0 saturated carbocycles. The molecule has 1 amide bonds. The van der Waals surface area contributed by atoms with E-state index in [1.54, 1.807) is 6.07 Å². The standard InChI is InChI=1S/C18H19NO3/c1-12-4-5-14(10-13(12)2)18(20)19-15-6-7-16-17(11-15)22-9-3-8-21-16/h4-7,10-11H,3,8-9H2,1-2H3,(H,19,20). The average molecular weight is 297 g/mol. The molecule has 0 fully saturated rings. The van der Waals surface area contributed by atoms with Gasteiger partial charge in [0.2, 0.25) is 0 Å². The Morgan fingerprint density at radius 3 is 2.50 bits per heavy atom. The van der Waals surface area contributed by atoms with Crippen molar-refractivity contribution in [1.29, 1.82) is 0 Å². The molecule has 4 heteroatoms. The van der Waals surface area contributed by atoms with Crippen molar-refractivity contribution in [3.8, 4) is 11.5 Å². The Bertz CT molecular complexity index is 709. The van der Waals surface area contributed by atoms with E-state index in [0.717, 1.165) is 17.7 Å². The number of anilines is 1. The van der Waals surface area contributed by atoms with Gasteiger partial charge in [0.1, 0.15) is 0 Å². The van der Waals surface area contributed by atoms with Crippen molar-refractivity contribution in [2.24, 2.45) is 0 Å². The summed E-state index contributed by atoms with van der Waals surface area (Å²) in [5, 5.41) is 2.90. The number of fused-ring (bicyclic) bond motifs is 1. The van der Waals surface area contributed by atoms with Crippen molar-refractivity contribution in [3.05, 3.63) is 53.1 Å². The molecule has 2 aromatic carbocycles. The normalized spacial score (nSPS) is 13.4. The van der Waals surface area contributed by atoms with Crippen LogP contribution >= 0.6 is 0 Å². The van der Waals surface area contributed by atoms with Crippen LogP contribution in [0.15, 0.2) is 36.4 Å². The Balaban J connectivity index is 1.79. The minimum absolute atomic E-state index is 0.127. The van der Waals surface area contributed by atoms with Crippen LogP contribution in [-0.2, 0) is 0 Å². The SMILES string of the molecule is Cc1ccc(C(=O)Nc2ccc3c(c2)OCCCO3)cc1C. The highest BCUT2D eigenvalue weighted by atomic mass is 16.5. The molecule has 114 valence electrons. The summed E-state index contributed by atoms with van der Waals surface area (Å²) in [5.41, 5.74) is 3.63. The lowest BCUT2D eigenvalue weighted by Crippen LogP contribution is -2.12. The molecule has 22 heavy (non-hydrogen) atoms. The number of amides is 1. The summed E-state index contributed by atoms with van der Waals surface area (Å²) in [4.78, 5) is 12.3. The fourth-order valence-electron chi connectivity index (χ4n) is 2.33. The quantitative estimate of drug-likeness (QED) is 0.919. The number of rotatable bonds is 2. The van der Waals surface area contributed by atoms with E-state index >= 15 is 0 Å². The first-order valence-corrected chi connectivity index (χ1v) is 7.42. The van der Waals surface area contributed by atoms with E-state index in [9.17, 15) is 4.79 Å². The largest absolute Gasteiger partial charge is 0.490 e. The molecule has 0 bridgehead atoms. The summed E-state index contributed by atoms with van der Waals surface area (Å²) < 4.78 is 11.2. The van der Waals surface area contributed by atoms with E-state index in [4.69, 9.17) is 9.47 Å². The van der Waals surface area contributed by atoms with E-state index in [-0.39, 0.29) is 5.91 Å². The number of nitrogens with one attached hydrogen (secondary N) is 1. The number of hydrogen-bond donors (Lipinski definition) is 1. The summed E-state index contributed by atoms with van der Waals surface area (Å²) in [6, 6.07) is 11.1. The first-order chi connectivity index (χ1) is 10.6. The van der Waals surface area contributed by atoms with Crippen molar-refractivity contribution in [2.45, 2.75) is 20.3 Å². The van der Waals surface area contributed by atoms with Crippen LogP contribution in [0.4, 0.5) is 5.69 Å². The zero-order chi connectivity index (χ0) is 15.5. The van der Waals surface area contributed by atoms with Gasteiger partial charge in [0.05, 0.1) is 13.2 Å². The third kappa shape index (κ3) is 3.06. The summed E-state index contributed by atoms with van der Waals surface area (Å²) in [5.74, 6) is 1.27. The third-order valence-electron chi connectivity index (χ3n) is 3.77. The second-order valence-electron chi connectivity index (χ2n) is 5.47. The molecule has 0 aliphatic carbocycles. The molecular formula is C18H19NO3. The van der Waals surface area contributed by atoms with Gasteiger partial charge in [-0.15, -0.1) is 0 Å². The van der Waals surface area contributed by atoms with Crippen molar-refractivity contribution < 1.29 is 14.3 Å². The maximum absolute atomic E-state index is 12.3. The highest BCUT2D eigenvalue weighted by Gasteiger charge is 2.13. The molecule has 1 N–H and O–H groups in total. The molecule has 1 aliphatic heterocycles. The fourth-order valence-corrected chi connectivity index (χ4v) is 2.33. The molecule has 1 heterocycles. The van der Waals surface area contributed by atoms with Crippen LogP contribution in [0.25, 0.3) is 0 Å². The lowest BCUT2D eigenvalue weighted by molar-refractivity contribution is 0.102. The van der Waals surface area contributed by atoms with Gasteiger partial charge in [-0.25, -0.2) is 0 Å². The lowest BCUT2D eigenvalue weighted by Gasteiger charge is -2.11. The maximum Gasteiger partial charge on any atom is 0.255 e. The number of carbonyl (C=O) groups is 1. The zero-order valence-electron chi connectivity index (χ0n) is 12.8. The summed E-state index contributed by atoms with van der Waals surface area (Å²) in [6.45, 7) is 5.31. The second-order valence-corrected chi connectivity index (χ2v) is 5.47. The Hall–Kier alpha value is -2.49. The van der Waals surface area contributed by atoms with Crippen LogP contribution < -0.4 is 14.8 Å². The van der Waals surface area contributed by atoms with Gasteiger partial charge in [-0.3, -0.25) is 4.79 Å². The lowest BCUT2D eigenvalue weighted by atomic mass is 10.1. The molecule has 1 aliphatic rings. The van der Waals surface area contributed by atoms with Gasteiger partial charge in [-0.2, -0.15) is 0 Å². The molecule has 0 atom stereocenters. The summed E-state index contributed by atoms with van der Waals surface area (Å²) in [6.07, 6.45) is 0.860. The van der Waals surface area contributed by atoms with Crippen molar-refractivity contribution in [2.75, 3.05) is 18.5 Å². The molecule has 3 rings (SSSR count). The van der Waals surface area contributed by atoms with Crippen molar-refractivity contribution in [3.63, 3.8) is 0 Å². The molecule has 2 aromatic rings. The van der Waals surface area contributed by atoms with Gasteiger partial charge in [0, 0.05) is 23.7 Å². The molecule has 0 aromatic heterocycles. The fraction of sp³-hybridized carbons (Fsp3) is 0.278. The first kappa shape index (κ1) is 14.4. The Kier molecular flexibility index (Phi) is 4.00. The van der Waals surface area contributed by atoms with Crippen LogP contribution in [0.2, 0.25) is 0 Å². The van der Waals surface area contributed by atoms with Gasteiger partial charge < -0.3 is 14.8 Å². The molecule has 0 unspecified atom stereocenters. The predicted molar refractivity (Wildman–Crippen MR) is 85.9 cm³/mol. The van der Waals surface area contributed by atoms with Crippen molar-refractivity contribution >= 4 is 11.6 Å². The Labute approximate surface area is 130 Å². The number of carbonyl (C=O) groups excluding carboxylic acids is 1. The van der Waals surface area contributed by atoms with Gasteiger partial charge in [0.15, 0.2) is 11.5 Å². The van der Waals surface area contributed by atoms with E-state index in [0.29, 0.717) is 30.2 Å². The predicted octanol–water partition coefficient (Wildman–Crippen LogP) is 3.72. The smallest absolute Gasteiger partial charge is 0.255 e. The number of ether oxygens (including phenoxy) is 2. The number of benzene rings is 2. The topological polar surface area (TPSA) is 47.6 Å². The van der Waals surface area contributed by atoms with Gasteiger partial charge in [-0.1, -0.05) is 6.07 Å². The van der Waals surface area contributed by atoms with Crippen LogP contribution in [0, 0.1) is 13.8 Å². The Morgan fingerprint density at radius 1 is 0.955 bits per heavy atom. The van der Waals surface area contributed by atoms with E-state index in [1.807, 2.05) is 44.2 Å². The molecule has 0 radical (unpaired) electrons.